The van der Waals surface area contributed by atoms with Crippen LogP contribution in [-0.4, -0.2) is 23.8 Å². The summed E-state index contributed by atoms with van der Waals surface area (Å²) in [6.07, 6.45) is 1.85. The number of carbonyl (C=O) groups excluding carboxylic acids is 1. The highest BCUT2D eigenvalue weighted by Gasteiger charge is 2.26. The molecule has 0 bridgehead atoms. The van der Waals surface area contributed by atoms with Gasteiger partial charge >= 0.3 is 0 Å². The Kier molecular flexibility index (Phi) is 4.89. The highest BCUT2D eigenvalue weighted by atomic mass is 35.5. The van der Waals surface area contributed by atoms with Gasteiger partial charge in [0.25, 0.3) is 0 Å². The van der Waals surface area contributed by atoms with Crippen molar-refractivity contribution in [2.45, 2.75) is 19.4 Å². The van der Waals surface area contributed by atoms with E-state index >= 15 is 0 Å². The number of thiophene rings is 1. The van der Waals surface area contributed by atoms with E-state index in [9.17, 15) is 4.79 Å². The molecular weight excluding hydrogens is 350 g/mol. The lowest BCUT2D eigenvalue weighted by Crippen LogP contribution is -2.35. The summed E-state index contributed by atoms with van der Waals surface area (Å²) in [5.74, 6) is 0.441. The monoisotopic (exact) mass is 369 g/mol. The third-order valence-electron chi connectivity index (χ3n) is 4.99. The summed E-state index contributed by atoms with van der Waals surface area (Å²) < 4.78 is 1.25. The van der Waals surface area contributed by atoms with Crippen LogP contribution in [0.4, 0.5) is 0 Å². The molecule has 0 N–H and O–H groups in total. The molecule has 2 heterocycles. The Labute approximate surface area is 157 Å². The van der Waals surface area contributed by atoms with E-state index in [1.165, 1.54) is 9.58 Å². The van der Waals surface area contributed by atoms with E-state index in [0.29, 0.717) is 5.78 Å². The molecule has 2 nitrogen and oxygen atoms in total. The average Bonchev–Trinajstić information content (AvgIpc) is 2.98. The van der Waals surface area contributed by atoms with Crippen LogP contribution in [0.25, 0.3) is 10.1 Å². The summed E-state index contributed by atoms with van der Waals surface area (Å²) in [7, 11) is 0. The second-order valence-electron chi connectivity index (χ2n) is 6.62. The first-order valence-corrected chi connectivity index (χ1v) is 9.89. The van der Waals surface area contributed by atoms with E-state index in [-0.39, 0.29) is 5.92 Å². The maximum Gasteiger partial charge on any atom is 0.166 e. The van der Waals surface area contributed by atoms with Crippen LogP contribution in [0.2, 0.25) is 5.02 Å². The zero-order valence-electron chi connectivity index (χ0n) is 14.0. The number of rotatable bonds is 4. The number of nitrogens with zero attached hydrogens (tertiary/aromatic N) is 1. The first kappa shape index (κ1) is 16.8. The second-order valence-corrected chi connectivity index (χ2v) is 8.13. The fraction of sp³-hybridized carbons (Fsp3) is 0.286. The quantitative estimate of drug-likeness (QED) is 0.554. The standard InChI is InChI=1S/C21H20ClNOS/c22-20-17-8-4-5-9-18(17)25-19(20)14-23-12-10-16(11-13-23)21(24)15-6-2-1-3-7-15/h1-9,16H,10-14H2. The van der Waals surface area contributed by atoms with Crippen LogP contribution < -0.4 is 0 Å². The normalized spacial score (nSPS) is 16.4. The number of fused-ring (bicyclic) bond motifs is 1. The lowest BCUT2D eigenvalue weighted by atomic mass is 9.89. The Balaban J connectivity index is 1.40. The first-order chi connectivity index (χ1) is 12.2. The number of benzene rings is 2. The van der Waals surface area contributed by atoms with Gasteiger partial charge in [-0.25, -0.2) is 0 Å². The molecule has 0 radical (unpaired) electrons. The number of hydrogen-bond acceptors (Lipinski definition) is 3. The number of carbonyl (C=O) groups is 1. The summed E-state index contributed by atoms with van der Waals surface area (Å²) >= 11 is 8.35. The topological polar surface area (TPSA) is 20.3 Å². The molecular formula is C21H20ClNOS. The SMILES string of the molecule is O=C(c1ccccc1)C1CCN(Cc2sc3ccccc3c2Cl)CC1. The lowest BCUT2D eigenvalue weighted by molar-refractivity contribution is 0.0835. The molecule has 0 saturated carbocycles. The third kappa shape index (κ3) is 3.50. The van der Waals surface area contributed by atoms with Crippen LogP contribution in [0, 0.1) is 5.92 Å². The Morgan fingerprint density at radius 3 is 2.44 bits per heavy atom. The first-order valence-electron chi connectivity index (χ1n) is 8.70. The number of halogens is 1. The van der Waals surface area contributed by atoms with Crippen molar-refractivity contribution >= 4 is 38.8 Å². The van der Waals surface area contributed by atoms with Crippen LogP contribution in [0.1, 0.15) is 28.1 Å². The van der Waals surface area contributed by atoms with E-state index in [4.69, 9.17) is 11.6 Å². The van der Waals surface area contributed by atoms with E-state index in [2.05, 4.69) is 23.1 Å². The molecule has 25 heavy (non-hydrogen) atoms. The van der Waals surface area contributed by atoms with Gasteiger partial charge in [0.05, 0.1) is 5.02 Å². The van der Waals surface area contributed by atoms with Crippen LogP contribution in [0.15, 0.2) is 54.6 Å². The molecule has 1 aliphatic rings. The Hall–Kier alpha value is -1.68. The van der Waals surface area contributed by atoms with Crippen molar-refractivity contribution in [3.05, 3.63) is 70.1 Å². The third-order valence-corrected chi connectivity index (χ3v) is 6.68. The summed E-state index contributed by atoms with van der Waals surface area (Å²) in [4.78, 5) is 16.3. The predicted molar refractivity (Wildman–Crippen MR) is 106 cm³/mol. The summed E-state index contributed by atoms with van der Waals surface area (Å²) in [5, 5.41) is 2.04. The van der Waals surface area contributed by atoms with Gasteiger partial charge in [0.15, 0.2) is 5.78 Å². The lowest BCUT2D eigenvalue weighted by Gasteiger charge is -2.31. The molecule has 0 aliphatic carbocycles. The number of piperidine rings is 1. The van der Waals surface area contributed by atoms with E-state index < -0.39 is 0 Å². The molecule has 128 valence electrons. The van der Waals surface area contributed by atoms with Crippen molar-refractivity contribution in [1.82, 2.24) is 4.90 Å². The largest absolute Gasteiger partial charge is 0.298 e. The number of ketones is 1. The van der Waals surface area contributed by atoms with Gasteiger partial charge in [-0.2, -0.15) is 0 Å². The number of Topliss-reactive ketones (excluding diaryl/α,β-unsaturated/α-hetero) is 1. The van der Waals surface area contributed by atoms with Crippen molar-refractivity contribution in [1.29, 1.82) is 0 Å². The van der Waals surface area contributed by atoms with Gasteiger partial charge in [-0.3, -0.25) is 9.69 Å². The Morgan fingerprint density at radius 1 is 1.04 bits per heavy atom. The number of hydrogen-bond donors (Lipinski definition) is 0. The van der Waals surface area contributed by atoms with Gasteiger partial charge < -0.3 is 0 Å². The van der Waals surface area contributed by atoms with E-state index in [0.717, 1.165) is 48.4 Å². The summed E-state index contributed by atoms with van der Waals surface area (Å²) in [6.45, 7) is 2.78. The second kappa shape index (κ2) is 7.28. The van der Waals surface area contributed by atoms with Crippen molar-refractivity contribution in [3.8, 4) is 0 Å². The fourth-order valence-corrected chi connectivity index (χ4v) is 5.10. The zero-order chi connectivity index (χ0) is 17.2. The maximum atomic E-state index is 12.6. The van der Waals surface area contributed by atoms with E-state index in [1.54, 1.807) is 11.3 Å². The molecule has 4 heteroatoms. The Bertz CT molecular complexity index is 881. The van der Waals surface area contributed by atoms with Crippen LogP contribution in [-0.2, 0) is 6.54 Å². The molecule has 1 saturated heterocycles. The van der Waals surface area contributed by atoms with Crippen LogP contribution >= 0.6 is 22.9 Å². The highest BCUT2D eigenvalue weighted by molar-refractivity contribution is 7.19. The van der Waals surface area contributed by atoms with Gasteiger partial charge in [0.1, 0.15) is 0 Å². The van der Waals surface area contributed by atoms with Gasteiger partial charge in [-0.05, 0) is 32.0 Å². The fourth-order valence-electron chi connectivity index (χ4n) is 3.56. The minimum atomic E-state index is 0.150. The molecule has 1 aliphatic heterocycles. The molecule has 0 spiro atoms. The van der Waals surface area contributed by atoms with Crippen LogP contribution in [0.3, 0.4) is 0 Å². The molecule has 4 rings (SSSR count). The molecule has 2 aromatic carbocycles. The minimum Gasteiger partial charge on any atom is -0.298 e. The van der Waals surface area contributed by atoms with Gasteiger partial charge in [0.2, 0.25) is 0 Å². The molecule has 0 atom stereocenters. The van der Waals surface area contributed by atoms with Gasteiger partial charge in [-0.1, -0.05) is 60.1 Å². The summed E-state index contributed by atoms with van der Waals surface area (Å²) in [5.41, 5.74) is 0.841. The van der Waals surface area contributed by atoms with Crippen molar-refractivity contribution in [2.75, 3.05) is 13.1 Å². The molecule has 3 aromatic rings. The molecule has 0 amide bonds. The number of likely N-dealkylation sites (tertiary alicyclic amines) is 1. The van der Waals surface area contributed by atoms with Gasteiger partial charge in [0, 0.05) is 33.0 Å². The van der Waals surface area contributed by atoms with E-state index in [1.807, 2.05) is 36.4 Å². The maximum absolute atomic E-state index is 12.6. The van der Waals surface area contributed by atoms with Crippen molar-refractivity contribution < 1.29 is 4.79 Å². The van der Waals surface area contributed by atoms with Crippen molar-refractivity contribution in [3.63, 3.8) is 0 Å². The molecule has 1 fully saturated rings. The Morgan fingerprint density at radius 2 is 1.72 bits per heavy atom. The van der Waals surface area contributed by atoms with Crippen molar-refractivity contribution in [2.24, 2.45) is 5.92 Å². The predicted octanol–water partition coefficient (Wildman–Crippen LogP) is 5.65. The highest BCUT2D eigenvalue weighted by Crippen LogP contribution is 2.36. The van der Waals surface area contributed by atoms with Gasteiger partial charge in [-0.15, -0.1) is 11.3 Å². The molecule has 1 aromatic heterocycles. The minimum absolute atomic E-state index is 0.150. The van der Waals surface area contributed by atoms with Crippen LogP contribution in [0.5, 0.6) is 0 Å². The summed E-state index contributed by atoms with van der Waals surface area (Å²) in [6, 6.07) is 18.0. The smallest absolute Gasteiger partial charge is 0.166 e. The zero-order valence-corrected chi connectivity index (χ0v) is 15.5. The molecule has 0 unspecified atom stereocenters. The average molecular weight is 370 g/mol.